The Kier molecular flexibility index (Phi) is 5.20. The van der Waals surface area contributed by atoms with Crippen LogP contribution in [-0.2, 0) is 15.8 Å². The molecule has 1 aromatic heterocycles. The molecule has 9 heteroatoms. The van der Waals surface area contributed by atoms with Crippen molar-refractivity contribution in [2.75, 3.05) is 4.72 Å². The largest absolute Gasteiger partial charge is 0.282 e. The molecule has 0 unspecified atom stereocenters. The second kappa shape index (κ2) is 6.76. The maximum Gasteiger partial charge on any atom is 0.265 e. The minimum atomic E-state index is -3.80. The van der Waals surface area contributed by atoms with Crippen LogP contribution in [0.5, 0.6) is 0 Å². The first-order valence-corrected chi connectivity index (χ1v) is 8.35. The van der Waals surface area contributed by atoms with E-state index in [1.54, 1.807) is 0 Å². The molecule has 0 radical (unpaired) electrons. The highest BCUT2D eigenvalue weighted by atomic mass is 35.5. The average Bonchev–Trinajstić information content (AvgIpc) is 2.42. The van der Waals surface area contributed by atoms with Gasteiger partial charge in [-0.05, 0) is 23.8 Å². The van der Waals surface area contributed by atoms with Crippen LogP contribution >= 0.6 is 23.2 Å². The molecular weight excluding hydrogens is 357 g/mol. The highest BCUT2D eigenvalue weighted by molar-refractivity contribution is 7.91. The zero-order chi connectivity index (χ0) is 16.3. The molecule has 0 aliphatic rings. The lowest BCUT2D eigenvalue weighted by Gasteiger charge is -2.09. The zero-order valence-corrected chi connectivity index (χ0v) is 13.3. The number of nitrogens with one attached hydrogen (secondary N) is 1. The van der Waals surface area contributed by atoms with Gasteiger partial charge < -0.3 is 0 Å². The Balaban J connectivity index is 2.17. The van der Waals surface area contributed by atoms with Crippen LogP contribution in [0.15, 0.2) is 36.7 Å². The normalized spacial score (nSPS) is 11.7. The lowest BCUT2D eigenvalue weighted by Crippen LogP contribution is -2.15. The molecule has 0 aliphatic carbocycles. The number of benzene rings is 1. The van der Waals surface area contributed by atoms with Crippen LogP contribution < -0.4 is 4.72 Å². The van der Waals surface area contributed by atoms with Gasteiger partial charge in [0.05, 0.1) is 27.7 Å². The van der Waals surface area contributed by atoms with Gasteiger partial charge in [0.25, 0.3) is 6.43 Å². The van der Waals surface area contributed by atoms with Gasteiger partial charge in [-0.3, -0.25) is 9.71 Å². The van der Waals surface area contributed by atoms with Crippen LogP contribution in [0.3, 0.4) is 0 Å². The fourth-order valence-electron chi connectivity index (χ4n) is 1.70. The van der Waals surface area contributed by atoms with Gasteiger partial charge in [-0.25, -0.2) is 17.2 Å². The van der Waals surface area contributed by atoms with Crippen molar-refractivity contribution in [2.24, 2.45) is 0 Å². The van der Waals surface area contributed by atoms with Crippen LogP contribution in [0.25, 0.3) is 0 Å². The Morgan fingerprint density at radius 3 is 2.50 bits per heavy atom. The van der Waals surface area contributed by atoms with Gasteiger partial charge in [0.2, 0.25) is 10.0 Å². The summed E-state index contributed by atoms with van der Waals surface area (Å²) in [7, 11) is -3.80. The Hall–Kier alpha value is -1.44. The summed E-state index contributed by atoms with van der Waals surface area (Å²) in [4.78, 5) is 3.58. The van der Waals surface area contributed by atoms with E-state index in [0.717, 1.165) is 18.5 Å². The predicted octanol–water partition coefficient (Wildman–Crippen LogP) is 4.27. The lowest BCUT2D eigenvalue weighted by molar-refractivity contribution is 0.151. The van der Waals surface area contributed by atoms with Crippen molar-refractivity contribution >= 4 is 38.9 Å². The Morgan fingerprint density at radius 1 is 1.14 bits per heavy atom. The first-order valence-electron chi connectivity index (χ1n) is 5.94. The average molecular weight is 367 g/mol. The van der Waals surface area contributed by atoms with Crippen LogP contribution in [0.2, 0.25) is 10.0 Å². The molecule has 2 aromatic rings. The molecule has 1 N–H and O–H groups in total. The summed E-state index contributed by atoms with van der Waals surface area (Å²) in [5.41, 5.74) is 0.0208. The number of hydrogen-bond acceptors (Lipinski definition) is 3. The van der Waals surface area contributed by atoms with Gasteiger partial charge in [0.15, 0.2) is 0 Å². The van der Waals surface area contributed by atoms with Crippen LogP contribution in [0.4, 0.5) is 14.5 Å². The molecule has 0 amide bonds. The number of hydrogen-bond donors (Lipinski definition) is 1. The van der Waals surface area contributed by atoms with Gasteiger partial charge in [0.1, 0.15) is 0 Å². The van der Waals surface area contributed by atoms with E-state index in [1.807, 2.05) is 0 Å². The SMILES string of the molecule is O=S(=O)(Cc1ccc(Cl)c(Cl)c1)Nc1cncc(C(F)F)c1. The van der Waals surface area contributed by atoms with E-state index < -0.39 is 16.4 Å². The van der Waals surface area contributed by atoms with Crippen molar-refractivity contribution < 1.29 is 17.2 Å². The lowest BCUT2D eigenvalue weighted by atomic mass is 10.2. The van der Waals surface area contributed by atoms with E-state index in [1.165, 1.54) is 18.2 Å². The number of alkyl halides is 2. The number of anilines is 1. The Morgan fingerprint density at radius 2 is 1.86 bits per heavy atom. The zero-order valence-electron chi connectivity index (χ0n) is 10.9. The topological polar surface area (TPSA) is 59.1 Å². The van der Waals surface area contributed by atoms with E-state index in [9.17, 15) is 17.2 Å². The van der Waals surface area contributed by atoms with Gasteiger partial charge in [-0.15, -0.1) is 0 Å². The molecule has 0 spiro atoms. The molecule has 0 bridgehead atoms. The van der Waals surface area contributed by atoms with E-state index in [4.69, 9.17) is 23.2 Å². The standard InChI is InChI=1S/C13H10Cl2F2N2O2S/c14-11-2-1-8(3-12(11)15)7-22(20,21)19-10-4-9(13(16)17)5-18-6-10/h1-6,13,19H,7H2. The molecule has 0 saturated heterocycles. The van der Waals surface area contributed by atoms with Crippen molar-refractivity contribution in [1.82, 2.24) is 4.98 Å². The summed E-state index contributed by atoms with van der Waals surface area (Å²) in [5, 5.41) is 0.542. The fraction of sp³-hybridized carbons (Fsp3) is 0.154. The highest BCUT2D eigenvalue weighted by Gasteiger charge is 2.15. The van der Waals surface area contributed by atoms with Gasteiger partial charge >= 0.3 is 0 Å². The maximum absolute atomic E-state index is 12.6. The second-order valence-electron chi connectivity index (χ2n) is 4.42. The van der Waals surface area contributed by atoms with Crippen LogP contribution in [-0.4, -0.2) is 13.4 Å². The summed E-state index contributed by atoms with van der Waals surface area (Å²) >= 11 is 11.6. The monoisotopic (exact) mass is 366 g/mol. The molecular formula is C13H10Cl2F2N2O2S. The summed E-state index contributed by atoms with van der Waals surface area (Å²) in [6, 6.07) is 5.45. The van der Waals surface area contributed by atoms with Crippen molar-refractivity contribution in [2.45, 2.75) is 12.2 Å². The fourth-order valence-corrected chi connectivity index (χ4v) is 3.18. The predicted molar refractivity (Wildman–Crippen MR) is 81.9 cm³/mol. The van der Waals surface area contributed by atoms with Crippen LogP contribution in [0.1, 0.15) is 17.6 Å². The number of halogens is 4. The maximum atomic E-state index is 12.6. The number of pyridine rings is 1. The number of aromatic nitrogens is 1. The van der Waals surface area contributed by atoms with E-state index in [2.05, 4.69) is 9.71 Å². The smallest absolute Gasteiger partial charge is 0.265 e. The number of nitrogens with zero attached hydrogens (tertiary/aromatic N) is 1. The summed E-state index contributed by atoms with van der Waals surface area (Å²) < 4.78 is 51.4. The van der Waals surface area contributed by atoms with Gasteiger partial charge in [-0.2, -0.15) is 0 Å². The summed E-state index contributed by atoms with van der Waals surface area (Å²) in [5.74, 6) is -0.372. The second-order valence-corrected chi connectivity index (χ2v) is 6.95. The molecule has 0 saturated carbocycles. The molecule has 1 heterocycles. The van der Waals surface area contributed by atoms with Gasteiger partial charge in [0, 0.05) is 11.8 Å². The Bertz CT molecular complexity index is 785. The third-order valence-electron chi connectivity index (χ3n) is 2.63. The molecule has 4 nitrogen and oxygen atoms in total. The van der Waals surface area contributed by atoms with E-state index in [-0.39, 0.29) is 22.0 Å². The quantitative estimate of drug-likeness (QED) is 0.859. The molecule has 1 aromatic carbocycles. The number of sulfonamides is 1. The van der Waals surface area contributed by atoms with E-state index >= 15 is 0 Å². The number of rotatable bonds is 5. The molecule has 0 fully saturated rings. The Labute approximate surface area is 136 Å². The van der Waals surface area contributed by atoms with Crippen molar-refractivity contribution in [1.29, 1.82) is 0 Å². The minimum absolute atomic E-state index is 0.0298. The van der Waals surface area contributed by atoms with E-state index in [0.29, 0.717) is 10.6 Å². The molecule has 2 rings (SSSR count). The minimum Gasteiger partial charge on any atom is -0.282 e. The third-order valence-corrected chi connectivity index (χ3v) is 4.62. The van der Waals surface area contributed by atoms with Crippen LogP contribution in [0, 0.1) is 0 Å². The molecule has 22 heavy (non-hydrogen) atoms. The summed E-state index contributed by atoms with van der Waals surface area (Å²) in [6.07, 6.45) is -0.605. The molecule has 118 valence electrons. The molecule has 0 atom stereocenters. The highest BCUT2D eigenvalue weighted by Crippen LogP contribution is 2.24. The first-order chi connectivity index (χ1) is 10.3. The third kappa shape index (κ3) is 4.53. The first kappa shape index (κ1) is 16.9. The van der Waals surface area contributed by atoms with Crippen molar-refractivity contribution in [3.63, 3.8) is 0 Å². The summed E-state index contributed by atoms with van der Waals surface area (Å²) in [6.45, 7) is 0. The van der Waals surface area contributed by atoms with Gasteiger partial charge in [-0.1, -0.05) is 29.3 Å². The molecule has 0 aliphatic heterocycles. The van der Waals surface area contributed by atoms with Crippen molar-refractivity contribution in [3.05, 3.63) is 57.8 Å². The van der Waals surface area contributed by atoms with Crippen molar-refractivity contribution in [3.8, 4) is 0 Å².